The summed E-state index contributed by atoms with van der Waals surface area (Å²) >= 11 is 1.29. The normalized spacial score (nSPS) is 19.9. The molecule has 1 aromatic heterocycles. The van der Waals surface area contributed by atoms with E-state index in [0.29, 0.717) is 12.5 Å². The summed E-state index contributed by atoms with van der Waals surface area (Å²) in [5.74, 6) is 0.190. The first-order valence-corrected chi connectivity index (χ1v) is 8.43. The minimum absolute atomic E-state index is 0.00709. The summed E-state index contributed by atoms with van der Waals surface area (Å²) in [4.78, 5) is 29.8. The maximum atomic E-state index is 11.9. The van der Waals surface area contributed by atoms with Crippen LogP contribution in [-0.4, -0.2) is 35.5 Å². The zero-order chi connectivity index (χ0) is 15.4. The SMILES string of the molecule is CCOC(=O)C1CCCN(Cc2sc(=O)[nH]c2C(C)C)C1. The summed E-state index contributed by atoms with van der Waals surface area (Å²) in [5.41, 5.74) is 1.03. The number of nitrogens with zero attached hydrogens (tertiary/aromatic N) is 1. The Bertz CT molecular complexity index is 535. The van der Waals surface area contributed by atoms with Gasteiger partial charge in [-0.3, -0.25) is 14.5 Å². The van der Waals surface area contributed by atoms with Crippen LogP contribution >= 0.6 is 11.3 Å². The van der Waals surface area contributed by atoms with Crippen LogP contribution in [0, 0.1) is 5.92 Å². The van der Waals surface area contributed by atoms with Gasteiger partial charge in [0.1, 0.15) is 0 Å². The summed E-state index contributed by atoms with van der Waals surface area (Å²) in [5, 5.41) is 0. The molecule has 1 aliphatic rings. The number of thiazole rings is 1. The molecule has 1 atom stereocenters. The van der Waals surface area contributed by atoms with E-state index in [1.165, 1.54) is 11.3 Å². The second-order valence-corrected chi connectivity index (χ2v) is 6.90. The molecule has 21 heavy (non-hydrogen) atoms. The monoisotopic (exact) mass is 312 g/mol. The number of ether oxygens (including phenoxy) is 1. The van der Waals surface area contributed by atoms with Gasteiger partial charge >= 0.3 is 10.8 Å². The Hall–Kier alpha value is -1.14. The van der Waals surface area contributed by atoms with E-state index >= 15 is 0 Å². The van der Waals surface area contributed by atoms with Crippen LogP contribution in [0.25, 0.3) is 0 Å². The Balaban J connectivity index is 2.03. The second kappa shape index (κ2) is 7.22. The highest BCUT2D eigenvalue weighted by Crippen LogP contribution is 2.24. The molecule has 1 fully saturated rings. The molecule has 0 aliphatic carbocycles. The Morgan fingerprint density at radius 1 is 1.52 bits per heavy atom. The van der Waals surface area contributed by atoms with Crippen LogP contribution in [0.2, 0.25) is 0 Å². The van der Waals surface area contributed by atoms with Crippen LogP contribution < -0.4 is 4.87 Å². The molecular formula is C15H24N2O3S. The largest absolute Gasteiger partial charge is 0.466 e. The van der Waals surface area contributed by atoms with Crippen molar-refractivity contribution in [2.45, 2.75) is 46.1 Å². The molecular weight excluding hydrogens is 288 g/mol. The lowest BCUT2D eigenvalue weighted by Crippen LogP contribution is -2.38. The van der Waals surface area contributed by atoms with E-state index in [9.17, 15) is 9.59 Å². The number of aromatic amines is 1. The van der Waals surface area contributed by atoms with Gasteiger partial charge in [-0.1, -0.05) is 25.2 Å². The third kappa shape index (κ3) is 4.17. The molecule has 1 N–H and O–H groups in total. The quantitative estimate of drug-likeness (QED) is 0.848. The molecule has 1 saturated heterocycles. The van der Waals surface area contributed by atoms with E-state index in [4.69, 9.17) is 4.74 Å². The van der Waals surface area contributed by atoms with E-state index in [1.807, 2.05) is 6.92 Å². The number of rotatable bonds is 5. The number of hydrogen-bond donors (Lipinski definition) is 1. The Kier molecular flexibility index (Phi) is 5.58. The highest BCUT2D eigenvalue weighted by Gasteiger charge is 2.27. The van der Waals surface area contributed by atoms with Crippen LogP contribution in [0.4, 0.5) is 0 Å². The van der Waals surface area contributed by atoms with Gasteiger partial charge in [-0.05, 0) is 32.2 Å². The van der Waals surface area contributed by atoms with Crippen molar-refractivity contribution < 1.29 is 9.53 Å². The molecule has 2 rings (SSSR count). The van der Waals surface area contributed by atoms with Gasteiger partial charge in [0, 0.05) is 23.7 Å². The molecule has 1 aliphatic heterocycles. The first-order valence-electron chi connectivity index (χ1n) is 7.62. The van der Waals surface area contributed by atoms with Crippen LogP contribution in [0.1, 0.15) is 50.1 Å². The van der Waals surface area contributed by atoms with Gasteiger partial charge < -0.3 is 9.72 Å². The van der Waals surface area contributed by atoms with E-state index in [2.05, 4.69) is 23.7 Å². The molecule has 0 bridgehead atoms. The topological polar surface area (TPSA) is 62.4 Å². The second-order valence-electron chi connectivity index (χ2n) is 5.83. The fraction of sp³-hybridized carbons (Fsp3) is 0.733. The standard InChI is InChI=1S/C15H24N2O3S/c1-4-20-14(18)11-6-5-7-17(8-11)9-12-13(10(2)3)16-15(19)21-12/h10-11H,4-9H2,1-3H3,(H,16,19). The predicted molar refractivity (Wildman–Crippen MR) is 83.7 cm³/mol. The van der Waals surface area contributed by atoms with Crippen molar-refractivity contribution in [3.8, 4) is 0 Å². The highest BCUT2D eigenvalue weighted by molar-refractivity contribution is 7.09. The van der Waals surface area contributed by atoms with Crippen molar-refractivity contribution >= 4 is 17.3 Å². The fourth-order valence-corrected chi connectivity index (χ4v) is 3.84. The van der Waals surface area contributed by atoms with Crippen molar-refractivity contribution in [1.29, 1.82) is 0 Å². The number of H-pyrrole nitrogens is 1. The molecule has 5 nitrogen and oxygen atoms in total. The van der Waals surface area contributed by atoms with Crippen LogP contribution in [0.3, 0.4) is 0 Å². The summed E-state index contributed by atoms with van der Waals surface area (Å²) in [6, 6.07) is 0. The number of carbonyl (C=O) groups is 1. The van der Waals surface area contributed by atoms with Gasteiger partial charge in [-0.15, -0.1) is 0 Å². The van der Waals surface area contributed by atoms with Crippen LogP contribution in [0.5, 0.6) is 0 Å². The lowest BCUT2D eigenvalue weighted by atomic mass is 9.98. The molecule has 118 valence electrons. The van der Waals surface area contributed by atoms with Gasteiger partial charge in [0.25, 0.3) is 0 Å². The number of piperidine rings is 1. The third-order valence-electron chi connectivity index (χ3n) is 3.82. The average Bonchev–Trinajstić information content (AvgIpc) is 2.80. The van der Waals surface area contributed by atoms with Gasteiger partial charge in [-0.2, -0.15) is 0 Å². The molecule has 0 saturated carbocycles. The molecule has 0 amide bonds. The van der Waals surface area contributed by atoms with Gasteiger partial charge in [0.15, 0.2) is 0 Å². The van der Waals surface area contributed by atoms with Crippen molar-refractivity contribution in [1.82, 2.24) is 9.88 Å². The predicted octanol–water partition coefficient (Wildman–Crippen LogP) is 2.33. The number of hydrogen-bond acceptors (Lipinski definition) is 5. The molecule has 2 heterocycles. The van der Waals surface area contributed by atoms with E-state index in [1.54, 1.807) is 0 Å². The number of aromatic nitrogens is 1. The van der Waals surface area contributed by atoms with Gasteiger partial charge in [0.05, 0.1) is 12.5 Å². The van der Waals surface area contributed by atoms with Crippen LogP contribution in [0.15, 0.2) is 4.79 Å². The van der Waals surface area contributed by atoms with E-state index in [0.717, 1.165) is 43.0 Å². The zero-order valence-electron chi connectivity index (χ0n) is 13.0. The van der Waals surface area contributed by atoms with Gasteiger partial charge in [0.2, 0.25) is 0 Å². The summed E-state index contributed by atoms with van der Waals surface area (Å²) < 4.78 is 5.13. The van der Waals surface area contributed by atoms with E-state index in [-0.39, 0.29) is 16.8 Å². The Labute approximate surface area is 129 Å². The Morgan fingerprint density at radius 3 is 2.95 bits per heavy atom. The van der Waals surface area contributed by atoms with E-state index < -0.39 is 0 Å². The maximum absolute atomic E-state index is 11.9. The summed E-state index contributed by atoms with van der Waals surface area (Å²) in [6.07, 6.45) is 1.90. The average molecular weight is 312 g/mol. The molecule has 0 spiro atoms. The molecule has 1 aromatic rings. The molecule has 6 heteroatoms. The maximum Gasteiger partial charge on any atom is 0.310 e. The number of carbonyl (C=O) groups excluding carboxylic acids is 1. The van der Waals surface area contributed by atoms with Gasteiger partial charge in [-0.25, -0.2) is 0 Å². The summed E-state index contributed by atoms with van der Waals surface area (Å²) in [7, 11) is 0. The van der Waals surface area contributed by atoms with Crippen molar-refractivity contribution in [2.24, 2.45) is 5.92 Å². The van der Waals surface area contributed by atoms with Crippen molar-refractivity contribution in [2.75, 3.05) is 19.7 Å². The summed E-state index contributed by atoms with van der Waals surface area (Å²) in [6.45, 7) is 8.88. The first kappa shape index (κ1) is 16.2. The smallest absolute Gasteiger partial charge is 0.310 e. The highest BCUT2D eigenvalue weighted by atomic mass is 32.1. The number of likely N-dealkylation sites (tertiary alicyclic amines) is 1. The van der Waals surface area contributed by atoms with Crippen molar-refractivity contribution in [3.63, 3.8) is 0 Å². The first-order chi connectivity index (χ1) is 10.0. The molecule has 0 radical (unpaired) electrons. The third-order valence-corrected chi connectivity index (χ3v) is 4.71. The lowest BCUT2D eigenvalue weighted by molar-refractivity contribution is -0.150. The number of nitrogens with one attached hydrogen (secondary N) is 1. The van der Waals surface area contributed by atoms with Crippen LogP contribution in [-0.2, 0) is 16.1 Å². The molecule has 0 aromatic carbocycles. The van der Waals surface area contributed by atoms with Crippen molar-refractivity contribution in [3.05, 3.63) is 20.2 Å². The lowest BCUT2D eigenvalue weighted by Gasteiger charge is -2.31. The minimum atomic E-state index is -0.0893. The fourth-order valence-electron chi connectivity index (χ4n) is 2.81. The Morgan fingerprint density at radius 2 is 2.29 bits per heavy atom. The minimum Gasteiger partial charge on any atom is -0.466 e. The molecule has 1 unspecified atom stereocenters. The number of esters is 1. The zero-order valence-corrected chi connectivity index (χ0v) is 13.8.